The molecule has 23 heavy (non-hydrogen) atoms. The Labute approximate surface area is 148 Å². The van der Waals surface area contributed by atoms with Crippen LogP contribution in [0.5, 0.6) is 0 Å². The quantitative estimate of drug-likeness (QED) is 0.650. The highest BCUT2D eigenvalue weighted by Crippen LogP contribution is 2.28. The standard InChI is InChI=1S/C17H15ClN2OS2/c1-20(17-19-14-4-2-3-5-15(14)23-17)16(21)11-22-10-12-6-8-13(18)9-7-12/h2-9H,10-11H2,1H3. The van der Waals surface area contributed by atoms with E-state index in [1.54, 1.807) is 23.7 Å². The van der Waals surface area contributed by atoms with E-state index in [9.17, 15) is 4.79 Å². The van der Waals surface area contributed by atoms with Crippen molar-refractivity contribution in [2.24, 2.45) is 0 Å². The van der Waals surface area contributed by atoms with E-state index in [2.05, 4.69) is 4.98 Å². The number of hydrogen-bond acceptors (Lipinski definition) is 4. The summed E-state index contributed by atoms with van der Waals surface area (Å²) < 4.78 is 1.09. The maximum absolute atomic E-state index is 12.3. The maximum Gasteiger partial charge on any atom is 0.238 e. The molecule has 0 saturated carbocycles. The Morgan fingerprint density at radius 1 is 1.22 bits per heavy atom. The molecule has 0 atom stereocenters. The zero-order chi connectivity index (χ0) is 16.2. The van der Waals surface area contributed by atoms with Crippen LogP contribution in [0.15, 0.2) is 48.5 Å². The highest BCUT2D eigenvalue weighted by atomic mass is 35.5. The summed E-state index contributed by atoms with van der Waals surface area (Å²) in [5.74, 6) is 1.27. The first-order valence-corrected chi connectivity index (χ1v) is 9.43. The number of carbonyl (C=O) groups excluding carboxylic acids is 1. The summed E-state index contributed by atoms with van der Waals surface area (Å²) >= 11 is 8.99. The van der Waals surface area contributed by atoms with Crippen molar-refractivity contribution in [1.82, 2.24) is 4.98 Å². The Morgan fingerprint density at radius 2 is 1.96 bits per heavy atom. The molecule has 0 unspecified atom stereocenters. The number of halogens is 1. The number of carbonyl (C=O) groups is 1. The van der Waals surface area contributed by atoms with Crippen molar-refractivity contribution in [1.29, 1.82) is 0 Å². The SMILES string of the molecule is CN(C(=O)CSCc1ccc(Cl)cc1)c1nc2ccccc2s1. The van der Waals surface area contributed by atoms with Gasteiger partial charge in [0.05, 0.1) is 16.0 Å². The molecule has 2 aromatic carbocycles. The maximum atomic E-state index is 12.3. The first-order chi connectivity index (χ1) is 11.1. The third-order valence-corrected chi connectivity index (χ3v) is 5.70. The number of fused-ring (bicyclic) bond motifs is 1. The molecule has 3 aromatic rings. The van der Waals surface area contributed by atoms with E-state index in [0.29, 0.717) is 5.75 Å². The van der Waals surface area contributed by atoms with Gasteiger partial charge in [-0.25, -0.2) is 4.98 Å². The average molecular weight is 363 g/mol. The summed E-state index contributed by atoms with van der Waals surface area (Å²) in [7, 11) is 1.78. The number of thioether (sulfide) groups is 1. The number of anilines is 1. The van der Waals surface area contributed by atoms with Gasteiger partial charge in [0.1, 0.15) is 0 Å². The predicted molar refractivity (Wildman–Crippen MR) is 101 cm³/mol. The van der Waals surface area contributed by atoms with Gasteiger partial charge in [-0.2, -0.15) is 0 Å². The molecule has 0 bridgehead atoms. The van der Waals surface area contributed by atoms with E-state index in [0.717, 1.165) is 31.7 Å². The molecule has 118 valence electrons. The molecule has 3 nitrogen and oxygen atoms in total. The van der Waals surface area contributed by atoms with Crippen LogP contribution in [0, 0.1) is 0 Å². The molecule has 1 amide bonds. The topological polar surface area (TPSA) is 33.2 Å². The van der Waals surface area contributed by atoms with Gasteiger partial charge in [-0.1, -0.05) is 47.2 Å². The molecule has 0 aliphatic rings. The highest BCUT2D eigenvalue weighted by molar-refractivity contribution is 7.99. The molecule has 0 aliphatic carbocycles. The Balaban J connectivity index is 1.57. The van der Waals surface area contributed by atoms with Crippen LogP contribution in [-0.4, -0.2) is 23.7 Å². The lowest BCUT2D eigenvalue weighted by atomic mass is 10.2. The van der Waals surface area contributed by atoms with Gasteiger partial charge in [0.2, 0.25) is 5.91 Å². The third kappa shape index (κ3) is 4.05. The van der Waals surface area contributed by atoms with Gasteiger partial charge >= 0.3 is 0 Å². The van der Waals surface area contributed by atoms with Crippen molar-refractivity contribution in [3.63, 3.8) is 0 Å². The van der Waals surface area contributed by atoms with Gasteiger partial charge in [0, 0.05) is 17.8 Å². The minimum absolute atomic E-state index is 0.0584. The molecule has 6 heteroatoms. The summed E-state index contributed by atoms with van der Waals surface area (Å²) in [6, 6.07) is 15.6. The van der Waals surface area contributed by atoms with E-state index in [1.165, 1.54) is 11.3 Å². The van der Waals surface area contributed by atoms with E-state index in [4.69, 9.17) is 11.6 Å². The highest BCUT2D eigenvalue weighted by Gasteiger charge is 2.15. The van der Waals surface area contributed by atoms with E-state index < -0.39 is 0 Å². The van der Waals surface area contributed by atoms with Crippen LogP contribution >= 0.6 is 34.7 Å². The fourth-order valence-corrected chi connectivity index (χ4v) is 4.01. The van der Waals surface area contributed by atoms with Crippen LogP contribution in [0.4, 0.5) is 5.13 Å². The molecule has 0 spiro atoms. The Kier molecular flexibility index (Phi) is 5.20. The van der Waals surface area contributed by atoms with Crippen LogP contribution in [0.3, 0.4) is 0 Å². The molecule has 1 aromatic heterocycles. The Bertz CT molecular complexity index is 784. The monoisotopic (exact) mass is 362 g/mol. The lowest BCUT2D eigenvalue weighted by molar-refractivity contribution is -0.115. The number of para-hydroxylation sites is 1. The summed E-state index contributed by atoms with van der Waals surface area (Å²) in [5, 5.41) is 1.47. The van der Waals surface area contributed by atoms with Crippen LogP contribution in [0.25, 0.3) is 10.2 Å². The Hall–Kier alpha value is -1.56. The molecule has 3 rings (SSSR count). The molecular formula is C17H15ClN2OS2. The van der Waals surface area contributed by atoms with E-state index >= 15 is 0 Å². The number of benzene rings is 2. The number of aromatic nitrogens is 1. The van der Waals surface area contributed by atoms with Crippen molar-refractivity contribution in [2.75, 3.05) is 17.7 Å². The zero-order valence-corrected chi connectivity index (χ0v) is 14.9. The van der Waals surface area contributed by atoms with Gasteiger partial charge in [-0.3, -0.25) is 9.69 Å². The largest absolute Gasteiger partial charge is 0.291 e. The number of thiazole rings is 1. The minimum Gasteiger partial charge on any atom is -0.291 e. The first kappa shape index (κ1) is 16.3. The van der Waals surface area contributed by atoms with Crippen LogP contribution in [-0.2, 0) is 10.5 Å². The number of nitrogens with zero attached hydrogens (tertiary/aromatic N) is 2. The smallest absolute Gasteiger partial charge is 0.238 e. The second-order valence-electron chi connectivity index (χ2n) is 5.04. The molecule has 0 N–H and O–H groups in total. The lowest BCUT2D eigenvalue weighted by Gasteiger charge is -2.13. The van der Waals surface area contributed by atoms with Crippen LogP contribution < -0.4 is 4.90 Å². The molecular weight excluding hydrogens is 348 g/mol. The fourth-order valence-electron chi connectivity index (χ4n) is 2.04. The van der Waals surface area contributed by atoms with Gasteiger partial charge < -0.3 is 0 Å². The normalized spacial score (nSPS) is 10.9. The van der Waals surface area contributed by atoms with Gasteiger partial charge in [-0.05, 0) is 29.8 Å². The summed E-state index contributed by atoms with van der Waals surface area (Å²) in [4.78, 5) is 18.5. The fraction of sp³-hybridized carbons (Fsp3) is 0.176. The Morgan fingerprint density at radius 3 is 2.70 bits per heavy atom. The van der Waals surface area contributed by atoms with Crippen molar-refractivity contribution in [3.05, 3.63) is 59.1 Å². The second kappa shape index (κ2) is 7.34. The number of rotatable bonds is 5. The van der Waals surface area contributed by atoms with Crippen molar-refractivity contribution < 1.29 is 4.79 Å². The van der Waals surface area contributed by atoms with Crippen molar-refractivity contribution >= 4 is 56.0 Å². The molecule has 0 fully saturated rings. The van der Waals surface area contributed by atoms with Gasteiger partial charge in [0.15, 0.2) is 5.13 Å². The summed E-state index contributed by atoms with van der Waals surface area (Å²) in [6.07, 6.45) is 0. The number of hydrogen-bond donors (Lipinski definition) is 0. The van der Waals surface area contributed by atoms with E-state index in [-0.39, 0.29) is 5.91 Å². The van der Waals surface area contributed by atoms with Crippen LogP contribution in [0.1, 0.15) is 5.56 Å². The molecule has 1 heterocycles. The number of amides is 1. The third-order valence-electron chi connectivity index (χ3n) is 3.35. The first-order valence-electron chi connectivity index (χ1n) is 7.08. The zero-order valence-electron chi connectivity index (χ0n) is 12.5. The second-order valence-corrected chi connectivity index (χ2v) is 7.47. The van der Waals surface area contributed by atoms with Gasteiger partial charge in [0.25, 0.3) is 0 Å². The van der Waals surface area contributed by atoms with Crippen molar-refractivity contribution in [3.8, 4) is 0 Å². The van der Waals surface area contributed by atoms with Gasteiger partial charge in [-0.15, -0.1) is 11.8 Å². The predicted octanol–water partition coefficient (Wildman–Crippen LogP) is 4.85. The summed E-state index contributed by atoms with van der Waals surface area (Å²) in [5.41, 5.74) is 2.09. The average Bonchev–Trinajstić information content (AvgIpc) is 3.00. The molecule has 0 saturated heterocycles. The molecule has 0 radical (unpaired) electrons. The summed E-state index contributed by atoms with van der Waals surface area (Å²) in [6.45, 7) is 0. The lowest BCUT2D eigenvalue weighted by Crippen LogP contribution is -2.27. The van der Waals surface area contributed by atoms with E-state index in [1.807, 2.05) is 48.5 Å². The molecule has 0 aliphatic heterocycles. The van der Waals surface area contributed by atoms with Crippen LogP contribution in [0.2, 0.25) is 5.02 Å². The minimum atomic E-state index is 0.0584. The van der Waals surface area contributed by atoms with Crippen molar-refractivity contribution in [2.45, 2.75) is 5.75 Å².